The van der Waals surface area contributed by atoms with Gasteiger partial charge in [0.1, 0.15) is 19.3 Å². The highest BCUT2D eigenvalue weighted by Gasteiger charge is 2.30. The Morgan fingerprint density at radius 3 is 1.15 bits per heavy atom. The van der Waals surface area contributed by atoms with Crippen LogP contribution < -0.4 is 5.32 Å². The number of phosphoric acid groups is 1. The Hall–Kier alpha value is -1.51. The predicted octanol–water partition coefficient (Wildman–Crippen LogP) is 19.7. The monoisotopic (exact) mass is 1070 g/mol. The van der Waals surface area contributed by atoms with Crippen LogP contribution in [0.2, 0.25) is 0 Å². The number of carbonyl (C=O) groups is 2. The molecule has 0 spiro atoms. The predicted molar refractivity (Wildman–Crippen MR) is 319 cm³/mol. The first kappa shape index (κ1) is 72.5. The van der Waals surface area contributed by atoms with Gasteiger partial charge in [-0.2, -0.15) is 0 Å². The summed E-state index contributed by atoms with van der Waals surface area (Å²) in [7, 11) is 1.51. The second-order valence-electron chi connectivity index (χ2n) is 23.3. The number of ether oxygens (including phenoxy) is 1. The van der Waals surface area contributed by atoms with Gasteiger partial charge in [0.2, 0.25) is 5.91 Å². The zero-order chi connectivity index (χ0) is 54.3. The first-order valence-electron chi connectivity index (χ1n) is 32.2. The van der Waals surface area contributed by atoms with Gasteiger partial charge in [-0.3, -0.25) is 18.6 Å². The lowest BCUT2D eigenvalue weighted by molar-refractivity contribution is -0.870. The summed E-state index contributed by atoms with van der Waals surface area (Å²) in [6, 6.07) is -0.844. The lowest BCUT2D eigenvalue weighted by Gasteiger charge is -2.27. The molecule has 0 aliphatic carbocycles. The Morgan fingerprint density at radius 1 is 0.459 bits per heavy atom. The molecule has 0 aromatic rings. The van der Waals surface area contributed by atoms with E-state index >= 15 is 0 Å². The van der Waals surface area contributed by atoms with Crippen molar-refractivity contribution < 1.29 is 37.3 Å². The smallest absolute Gasteiger partial charge is 0.456 e. The molecule has 0 heterocycles. The average molecular weight is 1070 g/mol. The van der Waals surface area contributed by atoms with Crippen LogP contribution in [0.4, 0.5) is 0 Å². The second kappa shape index (κ2) is 54.8. The molecule has 0 fully saturated rings. The van der Waals surface area contributed by atoms with Crippen molar-refractivity contribution in [1.82, 2.24) is 5.32 Å². The molecule has 0 saturated heterocycles. The summed E-state index contributed by atoms with van der Waals surface area (Å²) in [5, 5.41) is 3.07. The number of esters is 1. The number of carbonyl (C=O) groups excluding carboxylic acids is 2. The lowest BCUT2D eigenvalue weighted by atomic mass is 10.0. The fourth-order valence-corrected chi connectivity index (χ4v) is 10.4. The van der Waals surface area contributed by atoms with Crippen LogP contribution in [-0.4, -0.2) is 74.3 Å². The van der Waals surface area contributed by atoms with E-state index in [1.807, 2.05) is 33.3 Å². The van der Waals surface area contributed by atoms with Gasteiger partial charge >= 0.3 is 13.8 Å². The quantitative estimate of drug-likeness (QED) is 0.0205. The van der Waals surface area contributed by atoms with Crippen molar-refractivity contribution in [1.29, 1.82) is 0 Å². The minimum absolute atomic E-state index is 0.0432. The lowest BCUT2D eigenvalue weighted by Crippen LogP contribution is -2.47. The van der Waals surface area contributed by atoms with Crippen molar-refractivity contribution in [2.24, 2.45) is 0 Å². The molecule has 74 heavy (non-hydrogen) atoms. The van der Waals surface area contributed by atoms with E-state index in [9.17, 15) is 19.0 Å². The number of likely N-dealkylation sites (N-methyl/N-ethyl adjacent to an activating group) is 1. The highest BCUT2D eigenvalue weighted by atomic mass is 31.2. The topological polar surface area (TPSA) is 111 Å². The first-order valence-corrected chi connectivity index (χ1v) is 33.7. The highest BCUT2D eigenvalue weighted by molar-refractivity contribution is 7.47. The molecular weight excluding hydrogens is 940 g/mol. The van der Waals surface area contributed by atoms with Crippen molar-refractivity contribution in [2.75, 3.05) is 40.9 Å². The molecule has 9 nitrogen and oxygen atoms in total. The summed E-state index contributed by atoms with van der Waals surface area (Å²) in [6.07, 6.45) is 64.6. The van der Waals surface area contributed by atoms with Gasteiger partial charge in [0.15, 0.2) is 0 Å². The molecule has 0 aromatic heterocycles. The number of phosphoric ester groups is 1. The second-order valence-corrected chi connectivity index (χ2v) is 24.7. The number of nitrogens with one attached hydrogen (secondary N) is 1. The number of quaternary nitrogens is 1. The van der Waals surface area contributed by atoms with Crippen LogP contribution in [0.15, 0.2) is 24.3 Å². The van der Waals surface area contributed by atoms with Gasteiger partial charge in [-0.1, -0.05) is 277 Å². The molecule has 1 amide bonds. The van der Waals surface area contributed by atoms with E-state index in [1.165, 1.54) is 231 Å². The molecule has 0 rings (SSSR count). The summed E-state index contributed by atoms with van der Waals surface area (Å²) < 4.78 is 30.7. The Morgan fingerprint density at radius 2 is 0.784 bits per heavy atom. The zero-order valence-electron chi connectivity index (χ0n) is 50.1. The van der Waals surface area contributed by atoms with E-state index < -0.39 is 20.0 Å². The Labute approximate surface area is 460 Å². The van der Waals surface area contributed by atoms with Crippen LogP contribution in [0, 0.1) is 0 Å². The standard InChI is InChI=1S/C64H125N2O7P/c1-7-10-13-16-19-22-25-28-30-32-33-35-36-38-41-44-47-50-53-56-63(67)65-61(60-72-74(69,70)71-59-58-66(4,5)6)62(55-52-49-46-43-40-27-24-21-18-15-12-9-3)73-64(68)57-54-51-48-45-42-39-37-34-31-29-26-23-20-17-14-11-8-2/h29,31,52,55,61-62H,7-28,30,32-51,53-54,56-60H2,1-6H3,(H-,65,67,69,70)/p+1/b31-29+,55-52+. The molecular formula is C64H126N2O7P+. The summed E-state index contributed by atoms with van der Waals surface area (Å²) in [6.45, 7) is 7.05. The first-order chi connectivity index (χ1) is 35.9. The maximum atomic E-state index is 13.6. The van der Waals surface area contributed by atoms with E-state index in [0.29, 0.717) is 23.9 Å². The van der Waals surface area contributed by atoms with Crippen LogP contribution in [-0.2, 0) is 27.9 Å². The minimum atomic E-state index is -4.44. The number of unbranched alkanes of at least 4 members (excludes halogenated alkanes) is 41. The van der Waals surface area contributed by atoms with Crippen LogP contribution in [0.1, 0.15) is 323 Å². The normalized spacial score (nSPS) is 13.8. The number of hydrogen-bond acceptors (Lipinski definition) is 6. The fraction of sp³-hybridized carbons (Fsp3) is 0.906. The molecule has 0 saturated carbocycles. The Bertz CT molecular complexity index is 1320. The number of nitrogens with zero attached hydrogens (tertiary/aromatic N) is 1. The van der Waals surface area contributed by atoms with Crippen LogP contribution in [0.3, 0.4) is 0 Å². The number of hydrogen-bond donors (Lipinski definition) is 2. The molecule has 0 bridgehead atoms. The van der Waals surface area contributed by atoms with Crippen molar-refractivity contribution in [3.8, 4) is 0 Å². The fourth-order valence-electron chi connectivity index (χ4n) is 9.64. The van der Waals surface area contributed by atoms with E-state index in [4.69, 9.17) is 13.8 Å². The van der Waals surface area contributed by atoms with Gasteiger partial charge in [-0.15, -0.1) is 0 Å². The maximum Gasteiger partial charge on any atom is 0.472 e. The van der Waals surface area contributed by atoms with E-state index in [2.05, 4.69) is 38.2 Å². The van der Waals surface area contributed by atoms with E-state index in [-0.39, 0.29) is 25.1 Å². The molecule has 10 heteroatoms. The Kier molecular flexibility index (Phi) is 53.7. The summed E-state index contributed by atoms with van der Waals surface area (Å²) >= 11 is 0. The van der Waals surface area contributed by atoms with E-state index in [0.717, 1.165) is 57.8 Å². The van der Waals surface area contributed by atoms with Crippen molar-refractivity contribution in [3.05, 3.63) is 24.3 Å². The van der Waals surface area contributed by atoms with Crippen molar-refractivity contribution in [2.45, 2.75) is 335 Å². The Balaban J connectivity index is 5.19. The molecule has 438 valence electrons. The zero-order valence-corrected chi connectivity index (χ0v) is 51.0. The van der Waals surface area contributed by atoms with Gasteiger partial charge in [-0.05, 0) is 57.4 Å². The average Bonchev–Trinajstić information content (AvgIpc) is 3.36. The number of amides is 1. The van der Waals surface area contributed by atoms with Crippen LogP contribution in [0.5, 0.6) is 0 Å². The van der Waals surface area contributed by atoms with Gasteiger partial charge in [0, 0.05) is 12.8 Å². The van der Waals surface area contributed by atoms with Gasteiger partial charge in [0.25, 0.3) is 0 Å². The third-order valence-electron chi connectivity index (χ3n) is 14.6. The van der Waals surface area contributed by atoms with Gasteiger partial charge in [0.05, 0.1) is 33.8 Å². The van der Waals surface area contributed by atoms with Gasteiger partial charge < -0.3 is 19.4 Å². The van der Waals surface area contributed by atoms with Crippen LogP contribution in [0.25, 0.3) is 0 Å². The van der Waals surface area contributed by atoms with Gasteiger partial charge in [-0.25, -0.2) is 4.57 Å². The summed E-state index contributed by atoms with van der Waals surface area (Å²) in [5.74, 6) is -0.492. The van der Waals surface area contributed by atoms with Crippen molar-refractivity contribution in [3.63, 3.8) is 0 Å². The van der Waals surface area contributed by atoms with Crippen molar-refractivity contribution >= 4 is 19.7 Å². The third kappa shape index (κ3) is 55.3. The number of rotatable bonds is 59. The van der Waals surface area contributed by atoms with Crippen LogP contribution >= 0.6 is 7.82 Å². The molecule has 3 atom stereocenters. The largest absolute Gasteiger partial charge is 0.472 e. The molecule has 0 aliphatic heterocycles. The molecule has 0 aliphatic rings. The summed E-state index contributed by atoms with van der Waals surface area (Å²) in [4.78, 5) is 37.7. The summed E-state index contributed by atoms with van der Waals surface area (Å²) in [5.41, 5.74) is 0. The molecule has 0 radical (unpaired) electrons. The molecule has 3 unspecified atom stereocenters. The molecule has 2 N–H and O–H groups in total. The SMILES string of the molecule is CCCCCCCC/C=C/CCCCCCCCCC(=O)OC(/C=C/CCCCCCCCCCCC)C(COP(=O)(O)OCC[N+](C)(C)C)NC(=O)CCCCCCCCCCCCCCCCCCCCC. The minimum Gasteiger partial charge on any atom is -0.456 e. The van der Waals surface area contributed by atoms with E-state index in [1.54, 1.807) is 0 Å². The molecule has 0 aromatic carbocycles. The highest BCUT2D eigenvalue weighted by Crippen LogP contribution is 2.43. The number of allylic oxidation sites excluding steroid dienone is 3. The maximum absolute atomic E-state index is 13.6. The third-order valence-corrected chi connectivity index (χ3v) is 15.6.